The zero-order chi connectivity index (χ0) is 30.3. The number of hydrogen-bond donors (Lipinski definition) is 5. The summed E-state index contributed by atoms with van der Waals surface area (Å²) in [5, 5.41) is 19.1. The van der Waals surface area contributed by atoms with Crippen LogP contribution in [0.5, 0.6) is 0 Å². The minimum Gasteiger partial charge on any atom is -0.446 e. The first-order valence-corrected chi connectivity index (χ1v) is 14.4. The van der Waals surface area contributed by atoms with E-state index in [1.165, 1.54) is 6.26 Å². The minimum atomic E-state index is -0.938. The Bertz CT molecular complexity index is 1600. The van der Waals surface area contributed by atoms with Gasteiger partial charge in [0.05, 0.1) is 5.52 Å². The number of nitrogens with zero attached hydrogens (tertiary/aromatic N) is 2. The van der Waals surface area contributed by atoms with Gasteiger partial charge in [0.25, 0.3) is 11.8 Å². The number of H-pyrrole nitrogens is 1. The summed E-state index contributed by atoms with van der Waals surface area (Å²) < 4.78 is 5.66. The van der Waals surface area contributed by atoms with E-state index in [1.54, 1.807) is 12.1 Å². The number of rotatable bonds is 5. The Balaban J connectivity index is 1.40. The van der Waals surface area contributed by atoms with E-state index in [1.807, 2.05) is 56.3 Å². The number of nitrogens with one attached hydrogen (secondary N) is 5. The maximum atomic E-state index is 13.7. The van der Waals surface area contributed by atoms with E-state index in [0.29, 0.717) is 36.7 Å². The number of fused-ring (bicyclic) bond motifs is 3. The third kappa shape index (κ3) is 7.08. The second-order valence-corrected chi connectivity index (χ2v) is 10.9. The minimum absolute atomic E-state index is 0.111. The van der Waals surface area contributed by atoms with Gasteiger partial charge in [-0.25, -0.2) is 4.98 Å². The molecule has 0 unspecified atom stereocenters. The number of para-hydroxylation sites is 1. The highest BCUT2D eigenvalue weighted by Gasteiger charge is 2.32. The van der Waals surface area contributed by atoms with Crippen molar-refractivity contribution in [1.82, 2.24) is 36.4 Å². The van der Waals surface area contributed by atoms with Crippen molar-refractivity contribution in [1.29, 1.82) is 0 Å². The second-order valence-electron chi connectivity index (χ2n) is 10.9. The molecule has 3 heterocycles. The van der Waals surface area contributed by atoms with E-state index < -0.39 is 41.8 Å². The van der Waals surface area contributed by atoms with Gasteiger partial charge in [0.2, 0.25) is 17.7 Å². The molecule has 0 radical (unpaired) electrons. The summed E-state index contributed by atoms with van der Waals surface area (Å²) in [5.41, 5.74) is 1.91. The fraction of sp³-hybridized carbons (Fsp3) is 0.355. The molecule has 1 aliphatic rings. The van der Waals surface area contributed by atoms with Crippen molar-refractivity contribution in [2.75, 3.05) is 6.54 Å². The van der Waals surface area contributed by atoms with E-state index in [9.17, 15) is 19.2 Å². The quantitative estimate of drug-likeness (QED) is 0.240. The molecule has 12 heteroatoms. The predicted molar refractivity (Wildman–Crippen MR) is 158 cm³/mol. The van der Waals surface area contributed by atoms with E-state index in [4.69, 9.17) is 4.42 Å². The van der Waals surface area contributed by atoms with Crippen molar-refractivity contribution in [3.8, 4) is 0 Å². The lowest BCUT2D eigenvalue weighted by Crippen LogP contribution is -2.56. The molecule has 5 N–H and O–H groups in total. The van der Waals surface area contributed by atoms with Gasteiger partial charge < -0.3 is 25.7 Å². The van der Waals surface area contributed by atoms with Gasteiger partial charge in [-0.2, -0.15) is 5.10 Å². The van der Waals surface area contributed by atoms with Crippen LogP contribution in [-0.2, 0) is 16.0 Å². The Kier molecular flexibility index (Phi) is 9.14. The number of oxazole rings is 1. The van der Waals surface area contributed by atoms with Crippen LogP contribution in [0.15, 0.2) is 65.3 Å². The highest BCUT2D eigenvalue weighted by atomic mass is 16.3. The predicted octanol–water partition coefficient (Wildman–Crippen LogP) is 2.80. The molecular weight excluding hydrogens is 550 g/mol. The molecule has 2 aromatic heterocycles. The number of carbonyl (C=O) groups is 4. The Morgan fingerprint density at radius 1 is 1.00 bits per heavy atom. The lowest BCUT2D eigenvalue weighted by atomic mass is 10.00. The summed E-state index contributed by atoms with van der Waals surface area (Å²) in [6.45, 7) is 3.99. The normalized spacial score (nSPS) is 20.3. The van der Waals surface area contributed by atoms with Gasteiger partial charge in [-0.05, 0) is 36.8 Å². The zero-order valence-electron chi connectivity index (χ0n) is 24.1. The summed E-state index contributed by atoms with van der Waals surface area (Å²) >= 11 is 0. The Morgan fingerprint density at radius 3 is 2.56 bits per heavy atom. The molecule has 0 fully saturated rings. The Hall–Kier alpha value is -5.00. The van der Waals surface area contributed by atoms with Crippen molar-refractivity contribution in [2.45, 2.75) is 57.7 Å². The van der Waals surface area contributed by atoms with Crippen molar-refractivity contribution in [3.05, 3.63) is 83.7 Å². The van der Waals surface area contributed by atoms with Gasteiger partial charge in [0.1, 0.15) is 24.4 Å². The zero-order valence-corrected chi connectivity index (χ0v) is 24.1. The second kappa shape index (κ2) is 13.3. The number of hydrogen-bond acceptors (Lipinski definition) is 7. The third-order valence-corrected chi connectivity index (χ3v) is 7.41. The van der Waals surface area contributed by atoms with Crippen molar-refractivity contribution in [3.63, 3.8) is 0 Å². The van der Waals surface area contributed by atoms with Gasteiger partial charge in [-0.3, -0.25) is 24.3 Å². The van der Waals surface area contributed by atoms with Gasteiger partial charge >= 0.3 is 0 Å². The first-order valence-electron chi connectivity index (χ1n) is 14.4. The summed E-state index contributed by atoms with van der Waals surface area (Å²) in [6.07, 6.45) is 2.98. The lowest BCUT2D eigenvalue weighted by molar-refractivity contribution is -0.131. The number of amides is 4. The van der Waals surface area contributed by atoms with Crippen LogP contribution in [-0.4, -0.2) is 57.4 Å². The fourth-order valence-corrected chi connectivity index (χ4v) is 5.05. The molecule has 4 aromatic rings. The van der Waals surface area contributed by atoms with Crippen molar-refractivity contribution in [2.24, 2.45) is 5.92 Å². The molecule has 0 saturated carbocycles. The molecule has 2 bridgehead atoms. The van der Waals surface area contributed by atoms with Crippen LogP contribution in [0.4, 0.5) is 0 Å². The Morgan fingerprint density at radius 2 is 1.77 bits per heavy atom. The maximum absolute atomic E-state index is 13.7. The van der Waals surface area contributed by atoms with Crippen LogP contribution in [0.2, 0.25) is 0 Å². The van der Waals surface area contributed by atoms with Crippen molar-refractivity contribution < 1.29 is 23.6 Å². The molecule has 224 valence electrons. The van der Waals surface area contributed by atoms with Crippen LogP contribution in [0.3, 0.4) is 0 Å². The molecule has 0 saturated heterocycles. The molecular formula is C31H35N7O5. The summed E-state index contributed by atoms with van der Waals surface area (Å²) in [7, 11) is 0. The van der Waals surface area contributed by atoms with E-state index in [2.05, 4.69) is 36.4 Å². The van der Waals surface area contributed by atoms with Gasteiger partial charge in [0.15, 0.2) is 11.4 Å². The van der Waals surface area contributed by atoms with Crippen LogP contribution in [0.1, 0.15) is 71.6 Å². The standard InChI is InChI=1S/C31H35N7O5/c1-18(2)25-29(41)34-23(16-19-10-4-3-5-11-19)31-35-24(17-43-31)27(39)32-15-9-8-14-22(28(40)36-25)33-30(42)26-20-12-6-7-13-21(20)37-38-26/h3-7,10-13,17-18,22-23,25H,8-9,14-16H2,1-2H3,(H,32,39)(H,33,42)(H,34,41)(H,36,40)(H,37,38)/t22-,23+,25-/m0/s1. The highest BCUT2D eigenvalue weighted by Crippen LogP contribution is 2.20. The molecule has 43 heavy (non-hydrogen) atoms. The third-order valence-electron chi connectivity index (χ3n) is 7.41. The highest BCUT2D eigenvalue weighted by molar-refractivity contribution is 6.06. The van der Waals surface area contributed by atoms with Gasteiger partial charge in [-0.1, -0.05) is 62.4 Å². The fourth-order valence-electron chi connectivity index (χ4n) is 5.05. The molecule has 0 aliphatic carbocycles. The average molecular weight is 586 g/mol. The molecule has 2 aromatic carbocycles. The largest absolute Gasteiger partial charge is 0.446 e. The molecule has 1 aliphatic heterocycles. The SMILES string of the molecule is CC(C)[C@@H]1NC(=O)[C@@H](NC(=O)c2n[nH]c3ccccc23)CCCCNC(=O)c2coc(n2)[C@@H](Cc2ccccc2)NC1=O. The number of aromatic amines is 1. The average Bonchev–Trinajstić information content (AvgIpc) is 3.67. The lowest BCUT2D eigenvalue weighted by Gasteiger charge is -2.27. The number of aromatic nitrogens is 3. The number of carbonyl (C=O) groups excluding carboxylic acids is 4. The molecule has 5 rings (SSSR count). The molecule has 3 atom stereocenters. The Labute approximate surface area is 248 Å². The molecule has 4 amide bonds. The molecule has 12 nitrogen and oxygen atoms in total. The van der Waals surface area contributed by atoms with E-state index in [0.717, 1.165) is 5.56 Å². The van der Waals surface area contributed by atoms with Crippen LogP contribution in [0.25, 0.3) is 10.9 Å². The van der Waals surface area contributed by atoms with Crippen LogP contribution < -0.4 is 21.3 Å². The smallest absolute Gasteiger partial charge is 0.273 e. The number of benzene rings is 2. The van der Waals surface area contributed by atoms with Crippen LogP contribution >= 0.6 is 0 Å². The first kappa shape index (κ1) is 29.5. The van der Waals surface area contributed by atoms with Gasteiger partial charge in [0, 0.05) is 18.4 Å². The van der Waals surface area contributed by atoms with E-state index in [-0.39, 0.29) is 29.6 Å². The monoisotopic (exact) mass is 585 g/mol. The summed E-state index contributed by atoms with van der Waals surface area (Å²) in [6, 6.07) is 14.2. The first-order chi connectivity index (χ1) is 20.8. The van der Waals surface area contributed by atoms with E-state index >= 15 is 0 Å². The van der Waals surface area contributed by atoms with Crippen molar-refractivity contribution >= 4 is 34.5 Å². The van der Waals surface area contributed by atoms with Gasteiger partial charge in [-0.15, -0.1) is 0 Å². The molecule has 0 spiro atoms. The summed E-state index contributed by atoms with van der Waals surface area (Å²) in [4.78, 5) is 57.7. The summed E-state index contributed by atoms with van der Waals surface area (Å²) in [5.74, 6) is -1.94. The topological polar surface area (TPSA) is 171 Å². The maximum Gasteiger partial charge on any atom is 0.273 e. The van der Waals surface area contributed by atoms with Crippen LogP contribution in [0, 0.1) is 5.92 Å².